The summed E-state index contributed by atoms with van der Waals surface area (Å²) >= 11 is 0. The third-order valence-corrected chi connectivity index (χ3v) is 5.46. The number of pyridine rings is 2. The topological polar surface area (TPSA) is 98.5 Å². The number of nitrogens with one attached hydrogen (secondary N) is 1. The fourth-order valence-corrected chi connectivity index (χ4v) is 3.80. The highest BCUT2D eigenvalue weighted by Crippen LogP contribution is 2.33. The summed E-state index contributed by atoms with van der Waals surface area (Å²) in [5.74, 6) is -0.283. The molecule has 4 aromatic rings. The van der Waals surface area contributed by atoms with Gasteiger partial charge in [-0.05, 0) is 45.9 Å². The van der Waals surface area contributed by atoms with Gasteiger partial charge in [-0.2, -0.15) is 5.10 Å². The maximum Gasteiger partial charge on any atom is 0.183 e. The Bertz CT molecular complexity index is 1380. The van der Waals surface area contributed by atoms with Gasteiger partial charge in [0.1, 0.15) is 29.4 Å². The molecular formula is C23H23F2N7O. The maximum atomic E-state index is 14.5. The first kappa shape index (κ1) is 22.4. The average molecular weight is 451 g/mol. The quantitative estimate of drug-likeness (QED) is 0.446. The van der Waals surface area contributed by atoms with Crippen molar-refractivity contribution in [3.8, 4) is 11.5 Å². The molecule has 0 amide bonds. The zero-order chi connectivity index (χ0) is 23.9. The summed E-state index contributed by atoms with van der Waals surface area (Å²) in [6.45, 7) is 6.87. The summed E-state index contributed by atoms with van der Waals surface area (Å²) in [6, 6.07) is 4.14. The summed E-state index contributed by atoms with van der Waals surface area (Å²) in [6.07, 6.45) is 2.33. The van der Waals surface area contributed by atoms with Crippen LogP contribution in [0.1, 0.15) is 36.5 Å². The number of halogens is 2. The Balaban J connectivity index is 1.95. The fourth-order valence-electron chi connectivity index (χ4n) is 3.80. The molecule has 0 fully saturated rings. The third kappa shape index (κ3) is 3.92. The first-order valence-electron chi connectivity index (χ1n) is 10.3. The molecule has 10 heteroatoms. The van der Waals surface area contributed by atoms with Crippen molar-refractivity contribution in [3.63, 3.8) is 0 Å². The monoisotopic (exact) mass is 451 g/mol. The minimum Gasteiger partial charge on any atom is -0.373 e. The van der Waals surface area contributed by atoms with Crippen LogP contribution < -0.4 is 5.32 Å². The van der Waals surface area contributed by atoms with Crippen LogP contribution in [0.25, 0.3) is 22.6 Å². The molecule has 4 rings (SSSR count). The van der Waals surface area contributed by atoms with Crippen LogP contribution >= 0.6 is 0 Å². The molecule has 0 saturated carbocycles. The van der Waals surface area contributed by atoms with Crippen molar-refractivity contribution in [2.24, 2.45) is 0 Å². The Kier molecular flexibility index (Phi) is 5.61. The first-order chi connectivity index (χ1) is 15.7. The summed E-state index contributed by atoms with van der Waals surface area (Å²) in [5.41, 5.74) is 1.44. The van der Waals surface area contributed by atoms with Gasteiger partial charge in [0.2, 0.25) is 0 Å². The summed E-state index contributed by atoms with van der Waals surface area (Å²) in [5, 5.41) is 7.97. The molecule has 4 heterocycles. The molecule has 0 aliphatic rings. The van der Waals surface area contributed by atoms with Crippen molar-refractivity contribution in [3.05, 3.63) is 58.7 Å². The maximum absolute atomic E-state index is 14.5. The second-order valence-electron chi connectivity index (χ2n) is 8.31. The molecule has 170 valence electrons. The number of carbonyl (C=O) groups excluding carboxylic acids is 1. The Morgan fingerprint density at radius 1 is 1.12 bits per heavy atom. The van der Waals surface area contributed by atoms with E-state index in [0.29, 0.717) is 33.8 Å². The molecule has 0 radical (unpaired) electrons. The van der Waals surface area contributed by atoms with Gasteiger partial charge in [-0.25, -0.2) is 28.4 Å². The third-order valence-electron chi connectivity index (χ3n) is 5.46. The summed E-state index contributed by atoms with van der Waals surface area (Å²) in [4.78, 5) is 29.2. The molecule has 33 heavy (non-hydrogen) atoms. The fraction of sp³-hybridized carbons (Fsp3) is 0.304. The molecule has 0 bridgehead atoms. The molecular weight excluding hydrogens is 428 g/mol. The van der Waals surface area contributed by atoms with Gasteiger partial charge >= 0.3 is 0 Å². The van der Waals surface area contributed by atoms with Gasteiger partial charge in [-0.15, -0.1) is 0 Å². The number of aromatic nitrogens is 6. The minimum atomic E-state index is -0.816. The molecule has 0 spiro atoms. The van der Waals surface area contributed by atoms with E-state index in [1.54, 1.807) is 34.7 Å². The van der Waals surface area contributed by atoms with Gasteiger partial charge in [-0.3, -0.25) is 4.98 Å². The van der Waals surface area contributed by atoms with Crippen molar-refractivity contribution < 1.29 is 13.6 Å². The van der Waals surface area contributed by atoms with E-state index in [2.05, 4.69) is 30.4 Å². The summed E-state index contributed by atoms with van der Waals surface area (Å²) < 4.78 is 30.2. The SMILES string of the molecule is CNc1nc(-c2nn(Cc3ncccc3F)c3nc(C)c(F)cc23)nc(C)c1C(C)(C)C=O. The van der Waals surface area contributed by atoms with Crippen LogP contribution in [-0.4, -0.2) is 43.1 Å². The van der Waals surface area contributed by atoms with Crippen LogP contribution in [0.2, 0.25) is 0 Å². The van der Waals surface area contributed by atoms with Gasteiger partial charge in [0.05, 0.1) is 28.7 Å². The molecule has 0 aliphatic carbocycles. The van der Waals surface area contributed by atoms with Crippen molar-refractivity contribution in [2.45, 2.75) is 39.7 Å². The molecule has 0 atom stereocenters. The Morgan fingerprint density at radius 3 is 2.55 bits per heavy atom. The number of fused-ring (bicyclic) bond motifs is 1. The van der Waals surface area contributed by atoms with Crippen LogP contribution in [0.3, 0.4) is 0 Å². The van der Waals surface area contributed by atoms with Gasteiger partial charge in [0, 0.05) is 24.5 Å². The number of carbonyl (C=O) groups is 1. The number of nitrogens with zero attached hydrogens (tertiary/aromatic N) is 6. The van der Waals surface area contributed by atoms with Crippen molar-refractivity contribution in [1.29, 1.82) is 0 Å². The van der Waals surface area contributed by atoms with E-state index in [0.717, 1.165) is 6.29 Å². The molecule has 0 aliphatic heterocycles. The molecule has 1 N–H and O–H groups in total. The highest BCUT2D eigenvalue weighted by Gasteiger charge is 2.29. The van der Waals surface area contributed by atoms with E-state index >= 15 is 0 Å². The van der Waals surface area contributed by atoms with Crippen LogP contribution in [0.4, 0.5) is 14.6 Å². The summed E-state index contributed by atoms with van der Waals surface area (Å²) in [7, 11) is 1.70. The number of hydrogen-bond donors (Lipinski definition) is 1. The lowest BCUT2D eigenvalue weighted by Crippen LogP contribution is -2.23. The second-order valence-corrected chi connectivity index (χ2v) is 8.31. The van der Waals surface area contributed by atoms with Crippen LogP contribution in [-0.2, 0) is 16.8 Å². The van der Waals surface area contributed by atoms with E-state index in [1.807, 2.05) is 0 Å². The highest BCUT2D eigenvalue weighted by atomic mass is 19.1. The molecule has 0 saturated heterocycles. The lowest BCUT2D eigenvalue weighted by Gasteiger charge is -2.22. The van der Waals surface area contributed by atoms with Crippen LogP contribution in [0.5, 0.6) is 0 Å². The highest BCUT2D eigenvalue weighted by molar-refractivity contribution is 5.90. The van der Waals surface area contributed by atoms with Gasteiger partial charge in [-0.1, -0.05) is 0 Å². The standard InChI is InChI=1S/C23H23F2N7O/c1-12-16(25)9-14-19(21-28-13(2)18(20(26-5)30-21)23(3,4)11-33)31-32(22(14)29-12)10-17-15(24)7-6-8-27-17/h6-9,11H,10H2,1-5H3,(H,26,28,30). The van der Waals surface area contributed by atoms with Crippen LogP contribution in [0, 0.1) is 25.5 Å². The molecule has 0 aromatic carbocycles. The Labute approximate surface area is 189 Å². The van der Waals surface area contributed by atoms with Crippen molar-refractivity contribution in [1.82, 2.24) is 29.7 Å². The number of anilines is 1. The number of aryl methyl sites for hydroxylation is 2. The Hall–Kier alpha value is -3.82. The predicted molar refractivity (Wildman–Crippen MR) is 120 cm³/mol. The number of aldehydes is 1. The van der Waals surface area contributed by atoms with E-state index in [9.17, 15) is 13.6 Å². The average Bonchev–Trinajstić information content (AvgIpc) is 3.11. The number of rotatable bonds is 6. The largest absolute Gasteiger partial charge is 0.373 e. The lowest BCUT2D eigenvalue weighted by atomic mass is 9.85. The molecule has 0 unspecified atom stereocenters. The Morgan fingerprint density at radius 2 is 1.88 bits per heavy atom. The predicted octanol–water partition coefficient (Wildman–Crippen LogP) is 3.74. The minimum absolute atomic E-state index is 0.00459. The van der Waals surface area contributed by atoms with E-state index < -0.39 is 17.0 Å². The van der Waals surface area contributed by atoms with Gasteiger partial charge in [0.25, 0.3) is 0 Å². The van der Waals surface area contributed by atoms with Gasteiger partial charge < -0.3 is 10.1 Å². The van der Waals surface area contributed by atoms with Crippen molar-refractivity contribution in [2.75, 3.05) is 12.4 Å². The number of hydrogen-bond acceptors (Lipinski definition) is 7. The second kappa shape index (κ2) is 8.27. The van der Waals surface area contributed by atoms with Crippen LogP contribution in [0.15, 0.2) is 24.4 Å². The van der Waals surface area contributed by atoms with Crippen molar-refractivity contribution >= 4 is 23.1 Å². The van der Waals surface area contributed by atoms with E-state index in [-0.39, 0.29) is 23.8 Å². The lowest BCUT2D eigenvalue weighted by molar-refractivity contribution is -0.111. The van der Waals surface area contributed by atoms with E-state index in [1.165, 1.54) is 29.1 Å². The van der Waals surface area contributed by atoms with Gasteiger partial charge in [0.15, 0.2) is 11.5 Å². The zero-order valence-electron chi connectivity index (χ0n) is 18.9. The normalized spacial score (nSPS) is 11.7. The van der Waals surface area contributed by atoms with E-state index in [4.69, 9.17) is 0 Å². The molecule has 4 aromatic heterocycles. The zero-order valence-corrected chi connectivity index (χ0v) is 18.9. The smallest absolute Gasteiger partial charge is 0.183 e. The molecule has 8 nitrogen and oxygen atoms in total. The first-order valence-corrected chi connectivity index (χ1v) is 10.3.